The first kappa shape index (κ1) is 11.9. The minimum Gasteiger partial charge on any atom is -0.353 e. The number of alkyl halides is 1. The van der Waals surface area contributed by atoms with E-state index >= 15 is 0 Å². The lowest BCUT2D eigenvalue weighted by molar-refractivity contribution is -0.258. The molecule has 2 heterocycles. The summed E-state index contributed by atoms with van der Waals surface area (Å²) in [5.41, 5.74) is -0.780. The highest BCUT2D eigenvalue weighted by molar-refractivity contribution is 6.35. The van der Waals surface area contributed by atoms with Crippen molar-refractivity contribution in [3.05, 3.63) is 0 Å². The minimum atomic E-state index is -0.780. The van der Waals surface area contributed by atoms with E-state index in [1.165, 1.54) is 0 Å². The fraction of sp³-hybridized carbons (Fsp3) is 0.909. The van der Waals surface area contributed by atoms with E-state index in [9.17, 15) is 4.79 Å². The Bertz CT molecular complexity index is 371. The molecule has 1 aliphatic carbocycles. The minimum absolute atomic E-state index is 0.0181. The third-order valence-corrected chi connectivity index (χ3v) is 4.22. The highest BCUT2D eigenvalue weighted by Crippen LogP contribution is 2.53. The van der Waals surface area contributed by atoms with Crippen LogP contribution in [0.1, 0.15) is 20.3 Å². The summed E-state index contributed by atoms with van der Waals surface area (Å²) >= 11 is 6.08. The monoisotopic (exact) mass is 262 g/mol. The molecular formula is C11H15ClO5. The van der Waals surface area contributed by atoms with Crippen molar-refractivity contribution in [1.82, 2.24) is 0 Å². The molecule has 2 aliphatic heterocycles. The first-order chi connectivity index (χ1) is 7.89. The topological polar surface area (TPSA) is 54.0 Å². The largest absolute Gasteiger partial charge is 0.353 e. The van der Waals surface area contributed by atoms with Gasteiger partial charge in [-0.25, -0.2) is 0 Å². The summed E-state index contributed by atoms with van der Waals surface area (Å²) in [6.07, 6.45) is -0.940. The zero-order chi connectivity index (χ0) is 12.4. The quantitative estimate of drug-likeness (QED) is 0.655. The molecule has 2 saturated heterocycles. The molecular weight excluding hydrogens is 248 g/mol. The Morgan fingerprint density at radius 1 is 1.35 bits per heavy atom. The van der Waals surface area contributed by atoms with Crippen LogP contribution in [-0.2, 0) is 23.7 Å². The van der Waals surface area contributed by atoms with Gasteiger partial charge in [0.25, 0.3) is 0 Å². The first-order valence-corrected chi connectivity index (χ1v) is 6.06. The normalized spacial score (nSPS) is 51.6. The zero-order valence-corrected chi connectivity index (χ0v) is 10.7. The average Bonchev–Trinajstić information content (AvgIpc) is 2.72. The van der Waals surface area contributed by atoms with Gasteiger partial charge in [-0.1, -0.05) is 0 Å². The molecule has 0 amide bonds. The molecule has 0 bridgehead atoms. The highest BCUT2D eigenvalue weighted by Gasteiger charge is 2.71. The Morgan fingerprint density at radius 3 is 2.59 bits per heavy atom. The molecule has 0 N–H and O–H groups in total. The lowest BCUT2D eigenvalue weighted by Crippen LogP contribution is -2.63. The van der Waals surface area contributed by atoms with Gasteiger partial charge in [0.2, 0.25) is 0 Å². The van der Waals surface area contributed by atoms with E-state index in [-0.39, 0.29) is 24.4 Å². The summed E-state index contributed by atoms with van der Waals surface area (Å²) in [5, 5.41) is -0.673. The van der Waals surface area contributed by atoms with Crippen LogP contribution < -0.4 is 0 Å². The predicted octanol–water partition coefficient (Wildman–Crippen LogP) is 0.828. The van der Waals surface area contributed by atoms with Crippen LogP contribution in [0.25, 0.3) is 0 Å². The molecule has 6 heteroatoms. The van der Waals surface area contributed by atoms with Gasteiger partial charge in [0.15, 0.2) is 17.9 Å². The zero-order valence-electron chi connectivity index (χ0n) is 9.94. The van der Waals surface area contributed by atoms with Crippen LogP contribution in [0.4, 0.5) is 0 Å². The number of ketones is 1. The number of rotatable bonds is 1. The van der Waals surface area contributed by atoms with Gasteiger partial charge in [-0.3, -0.25) is 4.79 Å². The highest BCUT2D eigenvalue weighted by atomic mass is 35.5. The van der Waals surface area contributed by atoms with Gasteiger partial charge in [-0.15, -0.1) is 11.6 Å². The molecule has 1 saturated carbocycles. The maximum atomic E-state index is 11.4. The molecule has 17 heavy (non-hydrogen) atoms. The summed E-state index contributed by atoms with van der Waals surface area (Å²) in [5.74, 6) is -0.714. The summed E-state index contributed by atoms with van der Waals surface area (Å²) < 4.78 is 22.6. The van der Waals surface area contributed by atoms with Gasteiger partial charge >= 0.3 is 0 Å². The van der Waals surface area contributed by atoms with E-state index in [2.05, 4.69) is 0 Å². The molecule has 0 aromatic heterocycles. The average molecular weight is 263 g/mol. The number of fused-ring (bicyclic) bond motifs is 2. The van der Waals surface area contributed by atoms with Gasteiger partial charge in [0.1, 0.15) is 23.2 Å². The van der Waals surface area contributed by atoms with Crippen LogP contribution in [0.5, 0.6) is 0 Å². The van der Waals surface area contributed by atoms with Crippen molar-refractivity contribution in [3.8, 4) is 0 Å². The second-order valence-electron chi connectivity index (χ2n) is 5.20. The van der Waals surface area contributed by atoms with Gasteiger partial charge < -0.3 is 18.9 Å². The summed E-state index contributed by atoms with van der Waals surface area (Å²) in [7, 11) is 1.54. The van der Waals surface area contributed by atoms with Crippen LogP contribution in [0.3, 0.4) is 0 Å². The molecule has 0 radical (unpaired) electrons. The van der Waals surface area contributed by atoms with Crippen LogP contribution >= 0.6 is 11.6 Å². The van der Waals surface area contributed by atoms with Crippen LogP contribution in [0.15, 0.2) is 0 Å². The third-order valence-electron chi connectivity index (χ3n) is 3.61. The number of carbonyl (C=O) groups is 1. The number of ether oxygens (including phenoxy) is 4. The van der Waals surface area contributed by atoms with E-state index in [0.717, 1.165) is 0 Å². The van der Waals surface area contributed by atoms with Gasteiger partial charge in [0, 0.05) is 13.5 Å². The Morgan fingerprint density at radius 2 is 2.06 bits per heavy atom. The first-order valence-electron chi connectivity index (χ1n) is 5.63. The lowest BCUT2D eigenvalue weighted by Gasteiger charge is -2.44. The van der Waals surface area contributed by atoms with Crippen LogP contribution in [-0.4, -0.2) is 48.2 Å². The molecule has 0 aromatic rings. The molecule has 5 nitrogen and oxygen atoms in total. The molecule has 3 rings (SSSR count). The lowest BCUT2D eigenvalue weighted by atomic mass is 9.74. The Balaban J connectivity index is 1.91. The Labute approximate surface area is 104 Å². The fourth-order valence-corrected chi connectivity index (χ4v) is 3.17. The predicted molar refractivity (Wildman–Crippen MR) is 57.7 cm³/mol. The number of Topliss-reactive ketones (excluding diaryl/α,β-unsaturated/α-hetero) is 1. The fourth-order valence-electron chi connectivity index (χ4n) is 2.84. The number of hydrogen-bond donors (Lipinski definition) is 0. The van der Waals surface area contributed by atoms with Gasteiger partial charge in [-0.2, -0.15) is 0 Å². The van der Waals surface area contributed by atoms with Gasteiger partial charge in [-0.05, 0) is 13.8 Å². The summed E-state index contributed by atoms with van der Waals surface area (Å²) in [6.45, 7) is 3.66. The molecule has 96 valence electrons. The van der Waals surface area contributed by atoms with Crippen molar-refractivity contribution >= 4 is 17.4 Å². The van der Waals surface area contributed by atoms with Crippen LogP contribution in [0, 0.1) is 0 Å². The van der Waals surface area contributed by atoms with Crippen molar-refractivity contribution in [3.63, 3.8) is 0 Å². The maximum Gasteiger partial charge on any atom is 0.187 e. The van der Waals surface area contributed by atoms with Crippen molar-refractivity contribution in [2.45, 2.75) is 55.5 Å². The third kappa shape index (κ3) is 1.43. The van der Waals surface area contributed by atoms with Crippen molar-refractivity contribution in [1.29, 1.82) is 0 Å². The summed E-state index contributed by atoms with van der Waals surface area (Å²) in [4.78, 5) is 11.4. The van der Waals surface area contributed by atoms with E-state index in [1.807, 2.05) is 13.8 Å². The maximum absolute atomic E-state index is 11.4. The van der Waals surface area contributed by atoms with Gasteiger partial charge in [0.05, 0.1) is 0 Å². The molecule has 5 atom stereocenters. The van der Waals surface area contributed by atoms with E-state index < -0.39 is 23.1 Å². The standard InChI is InChI=1S/C11H15ClO5/c1-10(2)15-6-8(16-10)11(17-9(6)14-3)4-5(13)7(11)12/h6-9H,4H2,1-3H3/t6?,7?,8-,9?,11-/m1/s1. The Hall–Kier alpha value is -0.200. The summed E-state index contributed by atoms with van der Waals surface area (Å²) in [6, 6.07) is 0. The van der Waals surface area contributed by atoms with E-state index in [0.29, 0.717) is 0 Å². The van der Waals surface area contributed by atoms with E-state index in [4.69, 9.17) is 30.5 Å². The van der Waals surface area contributed by atoms with E-state index in [1.54, 1.807) is 7.11 Å². The molecule has 3 fully saturated rings. The smallest absolute Gasteiger partial charge is 0.187 e. The number of carbonyl (C=O) groups excluding carboxylic acids is 1. The van der Waals surface area contributed by atoms with Crippen LogP contribution in [0.2, 0.25) is 0 Å². The van der Waals surface area contributed by atoms with Crippen molar-refractivity contribution in [2.75, 3.05) is 7.11 Å². The number of halogens is 1. The number of methoxy groups -OCH3 is 1. The molecule has 1 spiro atoms. The second kappa shape index (κ2) is 3.42. The number of hydrogen-bond acceptors (Lipinski definition) is 5. The Kier molecular flexibility index (Phi) is 2.39. The molecule has 3 aliphatic rings. The second-order valence-corrected chi connectivity index (χ2v) is 5.64. The SMILES string of the molecule is COC1O[C@@]2(CC(=O)C2Cl)[C@@H]2OC(C)(C)OC12. The molecule has 0 aromatic carbocycles. The van der Waals surface area contributed by atoms with Crippen molar-refractivity contribution < 1.29 is 23.7 Å². The molecule has 3 unspecified atom stereocenters. The van der Waals surface area contributed by atoms with Crippen molar-refractivity contribution in [2.24, 2.45) is 0 Å².